The van der Waals surface area contributed by atoms with Crippen LogP contribution in [0.3, 0.4) is 0 Å². The van der Waals surface area contributed by atoms with Gasteiger partial charge < -0.3 is 9.84 Å². The first-order valence-corrected chi connectivity index (χ1v) is 7.86. The summed E-state index contributed by atoms with van der Waals surface area (Å²) in [5.74, 6) is -2.22. The summed E-state index contributed by atoms with van der Waals surface area (Å²) in [6.07, 6.45) is 0.514. The van der Waals surface area contributed by atoms with Gasteiger partial charge >= 0.3 is 5.97 Å². The van der Waals surface area contributed by atoms with E-state index in [-0.39, 0.29) is 36.6 Å². The highest BCUT2D eigenvalue weighted by atomic mass is 32.2. The molecule has 0 radical (unpaired) electrons. The van der Waals surface area contributed by atoms with Gasteiger partial charge in [-0.05, 0) is 31.0 Å². The second-order valence-corrected chi connectivity index (χ2v) is 6.75. The molecule has 1 N–H and O–H groups in total. The number of carbonyl (C=O) groups is 1. The fourth-order valence-corrected chi connectivity index (χ4v) is 3.78. The van der Waals surface area contributed by atoms with Crippen LogP contribution in [0.25, 0.3) is 0 Å². The molecular formula is C13H16FNO5S. The maximum atomic E-state index is 13.6. The van der Waals surface area contributed by atoms with Crippen molar-refractivity contribution >= 4 is 16.0 Å². The van der Waals surface area contributed by atoms with Crippen LogP contribution >= 0.6 is 0 Å². The molecule has 0 spiro atoms. The van der Waals surface area contributed by atoms with Crippen LogP contribution in [0.15, 0.2) is 23.1 Å². The second kappa shape index (κ2) is 5.98. The zero-order valence-corrected chi connectivity index (χ0v) is 12.3. The Morgan fingerprint density at radius 2 is 2.00 bits per heavy atom. The van der Waals surface area contributed by atoms with E-state index in [2.05, 4.69) is 0 Å². The topological polar surface area (TPSA) is 83.9 Å². The van der Waals surface area contributed by atoms with E-state index >= 15 is 0 Å². The minimum atomic E-state index is -3.81. The van der Waals surface area contributed by atoms with Gasteiger partial charge in [0, 0.05) is 13.1 Å². The molecule has 6 nitrogen and oxygen atoms in total. The van der Waals surface area contributed by atoms with Gasteiger partial charge in [0.1, 0.15) is 0 Å². The molecule has 0 bridgehead atoms. The first-order valence-electron chi connectivity index (χ1n) is 6.42. The molecule has 21 heavy (non-hydrogen) atoms. The Morgan fingerprint density at radius 3 is 2.48 bits per heavy atom. The number of carboxylic acid groups (broad SMARTS) is 1. The maximum Gasteiger partial charge on any atom is 0.306 e. The number of benzene rings is 1. The van der Waals surface area contributed by atoms with Crippen LogP contribution < -0.4 is 4.74 Å². The standard InChI is InChI=1S/C13H16FNO5S/c1-20-12-3-2-10(8-11(12)14)21(18,19)15-6-4-9(5-7-15)13(16)17/h2-3,8-9H,4-7H2,1H3,(H,16,17). The van der Waals surface area contributed by atoms with Crippen LogP contribution in [0.2, 0.25) is 0 Å². The molecule has 1 aromatic carbocycles. The summed E-state index contributed by atoms with van der Waals surface area (Å²) >= 11 is 0. The van der Waals surface area contributed by atoms with Gasteiger partial charge in [-0.1, -0.05) is 0 Å². The maximum absolute atomic E-state index is 13.6. The van der Waals surface area contributed by atoms with Crippen molar-refractivity contribution in [3.8, 4) is 5.75 Å². The molecule has 8 heteroatoms. The smallest absolute Gasteiger partial charge is 0.306 e. The number of hydrogen-bond acceptors (Lipinski definition) is 4. The lowest BCUT2D eigenvalue weighted by Crippen LogP contribution is -2.40. The highest BCUT2D eigenvalue weighted by Crippen LogP contribution is 2.26. The molecule has 1 aliphatic heterocycles. The van der Waals surface area contributed by atoms with E-state index in [1.807, 2.05) is 0 Å². The summed E-state index contributed by atoms with van der Waals surface area (Å²) in [7, 11) is -2.52. The average molecular weight is 317 g/mol. The Morgan fingerprint density at radius 1 is 1.38 bits per heavy atom. The summed E-state index contributed by atoms with van der Waals surface area (Å²) in [6, 6.07) is 3.45. The van der Waals surface area contributed by atoms with E-state index < -0.39 is 27.7 Å². The summed E-state index contributed by atoms with van der Waals surface area (Å²) < 4.78 is 44.3. The van der Waals surface area contributed by atoms with Crippen molar-refractivity contribution < 1.29 is 27.4 Å². The predicted octanol–water partition coefficient (Wildman–Crippen LogP) is 1.32. The van der Waals surface area contributed by atoms with Gasteiger partial charge in [0.15, 0.2) is 11.6 Å². The Hall–Kier alpha value is -1.67. The van der Waals surface area contributed by atoms with Gasteiger partial charge in [0.2, 0.25) is 10.0 Å². The SMILES string of the molecule is COc1ccc(S(=O)(=O)N2CCC(C(=O)O)CC2)cc1F. The number of nitrogens with zero attached hydrogens (tertiary/aromatic N) is 1. The first-order chi connectivity index (χ1) is 9.86. The highest BCUT2D eigenvalue weighted by molar-refractivity contribution is 7.89. The van der Waals surface area contributed by atoms with E-state index in [1.165, 1.54) is 23.5 Å². The Bertz CT molecular complexity index is 638. The van der Waals surface area contributed by atoms with Crippen molar-refractivity contribution in [3.05, 3.63) is 24.0 Å². The van der Waals surface area contributed by atoms with Gasteiger partial charge in [-0.3, -0.25) is 4.79 Å². The van der Waals surface area contributed by atoms with Gasteiger partial charge in [-0.25, -0.2) is 12.8 Å². The lowest BCUT2D eigenvalue weighted by atomic mass is 9.99. The lowest BCUT2D eigenvalue weighted by Gasteiger charge is -2.29. The van der Waals surface area contributed by atoms with Crippen molar-refractivity contribution in [2.75, 3.05) is 20.2 Å². The molecule has 1 saturated heterocycles. The minimum absolute atomic E-state index is 0.0291. The molecular weight excluding hydrogens is 301 g/mol. The van der Waals surface area contributed by atoms with Crippen molar-refractivity contribution in [1.29, 1.82) is 0 Å². The van der Waals surface area contributed by atoms with Crippen molar-refractivity contribution in [2.45, 2.75) is 17.7 Å². The van der Waals surface area contributed by atoms with E-state index in [4.69, 9.17) is 9.84 Å². The third-order valence-electron chi connectivity index (χ3n) is 3.56. The van der Waals surface area contributed by atoms with Crippen molar-refractivity contribution in [2.24, 2.45) is 5.92 Å². The number of ether oxygens (including phenoxy) is 1. The molecule has 0 atom stereocenters. The highest BCUT2D eigenvalue weighted by Gasteiger charge is 2.32. The first kappa shape index (κ1) is 15.7. The molecule has 1 aromatic rings. The summed E-state index contributed by atoms with van der Waals surface area (Å²) in [5.41, 5.74) is 0. The summed E-state index contributed by atoms with van der Waals surface area (Å²) in [6.45, 7) is 0.236. The van der Waals surface area contributed by atoms with Crippen LogP contribution in [0.4, 0.5) is 4.39 Å². The number of sulfonamides is 1. The lowest BCUT2D eigenvalue weighted by molar-refractivity contribution is -0.142. The van der Waals surface area contributed by atoms with Gasteiger partial charge in [-0.15, -0.1) is 0 Å². The monoisotopic (exact) mass is 317 g/mol. The average Bonchev–Trinajstić information content (AvgIpc) is 2.47. The van der Waals surface area contributed by atoms with Crippen molar-refractivity contribution in [3.63, 3.8) is 0 Å². The van der Waals surface area contributed by atoms with E-state index in [1.54, 1.807) is 0 Å². The van der Waals surface area contributed by atoms with Crippen LogP contribution in [-0.4, -0.2) is 44.0 Å². The van der Waals surface area contributed by atoms with E-state index in [9.17, 15) is 17.6 Å². The van der Waals surface area contributed by atoms with Crippen LogP contribution in [-0.2, 0) is 14.8 Å². The molecule has 1 aliphatic rings. The summed E-state index contributed by atoms with van der Waals surface area (Å²) in [4.78, 5) is 10.7. The quantitative estimate of drug-likeness (QED) is 0.905. The van der Waals surface area contributed by atoms with Gasteiger partial charge in [-0.2, -0.15) is 4.31 Å². The number of carboxylic acids is 1. The number of halogens is 1. The Labute approximate surface area is 122 Å². The molecule has 1 fully saturated rings. The molecule has 0 saturated carbocycles. The third-order valence-corrected chi connectivity index (χ3v) is 5.46. The molecule has 0 amide bonds. The van der Waals surface area contributed by atoms with Gasteiger partial charge in [0.05, 0.1) is 17.9 Å². The zero-order chi connectivity index (χ0) is 15.6. The predicted molar refractivity (Wildman–Crippen MR) is 72.1 cm³/mol. The van der Waals surface area contributed by atoms with E-state index in [0.29, 0.717) is 0 Å². The molecule has 0 aromatic heterocycles. The Kier molecular flexibility index (Phi) is 4.48. The molecule has 0 unspecified atom stereocenters. The second-order valence-electron chi connectivity index (χ2n) is 4.81. The Balaban J connectivity index is 2.19. The molecule has 0 aliphatic carbocycles. The van der Waals surface area contributed by atoms with Crippen LogP contribution in [0.5, 0.6) is 5.75 Å². The van der Waals surface area contributed by atoms with Crippen LogP contribution in [0, 0.1) is 11.7 Å². The largest absolute Gasteiger partial charge is 0.494 e. The fraction of sp³-hybridized carbons (Fsp3) is 0.462. The zero-order valence-electron chi connectivity index (χ0n) is 11.5. The molecule has 116 valence electrons. The third kappa shape index (κ3) is 3.16. The number of piperidine rings is 1. The normalized spacial score (nSPS) is 17.6. The number of methoxy groups -OCH3 is 1. The number of hydrogen-bond donors (Lipinski definition) is 1. The fourth-order valence-electron chi connectivity index (χ4n) is 2.30. The minimum Gasteiger partial charge on any atom is -0.494 e. The summed E-state index contributed by atoms with van der Waals surface area (Å²) in [5, 5.41) is 8.91. The van der Waals surface area contributed by atoms with Crippen molar-refractivity contribution in [1.82, 2.24) is 4.31 Å². The number of rotatable bonds is 4. The van der Waals surface area contributed by atoms with Gasteiger partial charge in [0.25, 0.3) is 0 Å². The number of aliphatic carboxylic acids is 1. The molecule has 1 heterocycles. The van der Waals surface area contributed by atoms with E-state index in [0.717, 1.165) is 6.07 Å². The van der Waals surface area contributed by atoms with Crippen LogP contribution in [0.1, 0.15) is 12.8 Å². The molecule has 2 rings (SSSR count).